The van der Waals surface area contributed by atoms with Gasteiger partial charge in [-0.25, -0.2) is 9.80 Å². The van der Waals surface area contributed by atoms with E-state index in [1.165, 1.54) is 22.7 Å². The van der Waals surface area contributed by atoms with Crippen LogP contribution >= 0.6 is 0 Å². The molecule has 7 heteroatoms. The minimum atomic E-state index is -4.40. The number of alkyl halides is 3. The van der Waals surface area contributed by atoms with Gasteiger partial charge in [0, 0.05) is 17.2 Å². The van der Waals surface area contributed by atoms with Crippen LogP contribution in [0.2, 0.25) is 0 Å². The summed E-state index contributed by atoms with van der Waals surface area (Å²) < 4.78 is 38.0. The van der Waals surface area contributed by atoms with Crippen molar-refractivity contribution in [3.05, 3.63) is 65.2 Å². The van der Waals surface area contributed by atoms with Crippen LogP contribution in [0.5, 0.6) is 0 Å². The van der Waals surface area contributed by atoms with E-state index in [1.807, 2.05) is 25.1 Å². The fourth-order valence-electron chi connectivity index (χ4n) is 3.76. The van der Waals surface area contributed by atoms with Crippen molar-refractivity contribution < 1.29 is 18.0 Å². The lowest BCUT2D eigenvalue weighted by Gasteiger charge is -2.26. The standard InChI is InChI=1S/C20H18F3N3O/c1-12-16-11-6-13-4-2-3-5-17(13)18(16)25-26(12)19(27)24-15-9-7-14(8-10-15)20(21,22)23/h2-5,7-10,12,16H,6,11H2,1H3,(H,24,27). The fourth-order valence-corrected chi connectivity index (χ4v) is 3.76. The number of anilines is 1. The van der Waals surface area contributed by atoms with Gasteiger partial charge in [0.1, 0.15) is 0 Å². The van der Waals surface area contributed by atoms with Crippen molar-refractivity contribution in [2.75, 3.05) is 5.32 Å². The third kappa shape index (κ3) is 3.18. The van der Waals surface area contributed by atoms with E-state index in [0.717, 1.165) is 36.2 Å². The lowest BCUT2D eigenvalue weighted by molar-refractivity contribution is -0.137. The molecule has 1 aliphatic heterocycles. The topological polar surface area (TPSA) is 44.7 Å². The molecule has 1 heterocycles. The highest BCUT2D eigenvalue weighted by atomic mass is 19.4. The van der Waals surface area contributed by atoms with Gasteiger partial charge in [-0.1, -0.05) is 24.3 Å². The highest BCUT2D eigenvalue weighted by molar-refractivity contribution is 6.07. The van der Waals surface area contributed by atoms with Crippen LogP contribution in [0.25, 0.3) is 0 Å². The van der Waals surface area contributed by atoms with E-state index in [-0.39, 0.29) is 12.0 Å². The number of benzene rings is 2. The second kappa shape index (κ2) is 6.40. The molecule has 2 aromatic carbocycles. The Bertz CT molecular complexity index is 905. The predicted molar refractivity (Wildman–Crippen MR) is 96.6 cm³/mol. The summed E-state index contributed by atoms with van der Waals surface area (Å²) in [6.07, 6.45) is -2.54. The summed E-state index contributed by atoms with van der Waals surface area (Å²) in [5, 5.41) is 8.58. The van der Waals surface area contributed by atoms with E-state index in [0.29, 0.717) is 5.69 Å². The molecule has 0 bridgehead atoms. The quantitative estimate of drug-likeness (QED) is 0.759. The van der Waals surface area contributed by atoms with Gasteiger partial charge in [0.15, 0.2) is 0 Å². The minimum absolute atomic E-state index is 0.109. The smallest absolute Gasteiger partial charge is 0.306 e. The maximum Gasteiger partial charge on any atom is 0.416 e. The number of aryl methyl sites for hydroxylation is 1. The summed E-state index contributed by atoms with van der Waals surface area (Å²) in [5.41, 5.74) is 2.76. The molecule has 2 aromatic rings. The Morgan fingerprint density at radius 2 is 1.85 bits per heavy atom. The number of rotatable bonds is 1. The van der Waals surface area contributed by atoms with E-state index < -0.39 is 17.8 Å². The van der Waals surface area contributed by atoms with Crippen molar-refractivity contribution >= 4 is 17.4 Å². The number of urea groups is 1. The van der Waals surface area contributed by atoms with Gasteiger partial charge in [0.25, 0.3) is 0 Å². The van der Waals surface area contributed by atoms with Gasteiger partial charge in [-0.2, -0.15) is 18.3 Å². The van der Waals surface area contributed by atoms with Crippen LogP contribution in [0.15, 0.2) is 53.6 Å². The highest BCUT2D eigenvalue weighted by Crippen LogP contribution is 2.35. The first-order valence-corrected chi connectivity index (χ1v) is 8.79. The maximum absolute atomic E-state index is 12.7. The number of carbonyl (C=O) groups is 1. The van der Waals surface area contributed by atoms with Crippen LogP contribution in [0.1, 0.15) is 30.0 Å². The Balaban J connectivity index is 1.54. The number of nitrogens with one attached hydrogen (secondary N) is 1. The first-order valence-electron chi connectivity index (χ1n) is 8.79. The molecule has 0 aromatic heterocycles. The Kier molecular flexibility index (Phi) is 4.17. The first kappa shape index (κ1) is 17.6. The van der Waals surface area contributed by atoms with Crippen LogP contribution in [0.3, 0.4) is 0 Å². The zero-order valence-corrected chi connectivity index (χ0v) is 14.6. The number of fused-ring (bicyclic) bond motifs is 3. The Labute approximate surface area is 154 Å². The van der Waals surface area contributed by atoms with Crippen molar-refractivity contribution in [1.82, 2.24) is 5.01 Å². The van der Waals surface area contributed by atoms with Crippen molar-refractivity contribution in [1.29, 1.82) is 0 Å². The third-order valence-corrected chi connectivity index (χ3v) is 5.22. The molecule has 0 saturated carbocycles. The van der Waals surface area contributed by atoms with Crippen molar-refractivity contribution in [3.8, 4) is 0 Å². The van der Waals surface area contributed by atoms with E-state index in [2.05, 4.69) is 16.5 Å². The predicted octanol–water partition coefficient (Wildman–Crippen LogP) is 4.91. The number of hydrazone groups is 1. The lowest BCUT2D eigenvalue weighted by atomic mass is 9.80. The molecular formula is C20H18F3N3O. The zero-order chi connectivity index (χ0) is 19.2. The molecule has 27 heavy (non-hydrogen) atoms. The van der Waals surface area contributed by atoms with Gasteiger partial charge in [-0.3, -0.25) is 0 Å². The second-order valence-corrected chi connectivity index (χ2v) is 6.88. The third-order valence-electron chi connectivity index (χ3n) is 5.22. The Morgan fingerprint density at radius 1 is 1.15 bits per heavy atom. The van der Waals surface area contributed by atoms with Crippen LogP contribution in [-0.2, 0) is 12.6 Å². The Hall–Kier alpha value is -2.83. The van der Waals surface area contributed by atoms with Gasteiger partial charge < -0.3 is 5.32 Å². The van der Waals surface area contributed by atoms with Crippen LogP contribution in [-0.4, -0.2) is 22.8 Å². The van der Waals surface area contributed by atoms with Gasteiger partial charge >= 0.3 is 12.2 Å². The molecule has 0 saturated heterocycles. The Morgan fingerprint density at radius 3 is 2.56 bits per heavy atom. The summed E-state index contributed by atoms with van der Waals surface area (Å²) in [5.74, 6) is 0.165. The SMILES string of the molecule is CC1C2CCc3ccccc3C2=NN1C(=O)Nc1ccc(C(F)(F)F)cc1. The lowest BCUT2D eigenvalue weighted by Crippen LogP contribution is -2.38. The molecule has 2 aliphatic rings. The minimum Gasteiger partial charge on any atom is -0.306 e. The average molecular weight is 373 g/mol. The second-order valence-electron chi connectivity index (χ2n) is 6.88. The summed E-state index contributed by atoms with van der Waals surface area (Å²) >= 11 is 0. The summed E-state index contributed by atoms with van der Waals surface area (Å²) in [4.78, 5) is 12.6. The molecule has 4 nitrogen and oxygen atoms in total. The normalized spacial score (nSPS) is 21.3. The molecule has 0 fully saturated rings. The zero-order valence-electron chi connectivity index (χ0n) is 14.6. The number of amides is 2. The molecule has 2 amide bonds. The number of halogens is 3. The van der Waals surface area contributed by atoms with Crippen molar-refractivity contribution in [2.24, 2.45) is 11.0 Å². The number of carbonyl (C=O) groups excluding carboxylic acids is 1. The molecule has 2 atom stereocenters. The molecule has 2 unspecified atom stereocenters. The van der Waals surface area contributed by atoms with Crippen molar-refractivity contribution in [2.45, 2.75) is 32.0 Å². The summed E-state index contributed by atoms with van der Waals surface area (Å²) in [7, 11) is 0. The molecule has 4 rings (SSSR count). The van der Waals surface area contributed by atoms with Gasteiger partial charge in [0.2, 0.25) is 0 Å². The molecule has 140 valence electrons. The van der Waals surface area contributed by atoms with Crippen molar-refractivity contribution in [3.63, 3.8) is 0 Å². The van der Waals surface area contributed by atoms with Crippen LogP contribution in [0.4, 0.5) is 23.7 Å². The highest BCUT2D eigenvalue weighted by Gasteiger charge is 2.40. The maximum atomic E-state index is 12.7. The fraction of sp³-hybridized carbons (Fsp3) is 0.300. The molecular weight excluding hydrogens is 355 g/mol. The van der Waals surface area contributed by atoms with E-state index in [9.17, 15) is 18.0 Å². The molecule has 0 radical (unpaired) electrons. The molecule has 1 aliphatic carbocycles. The summed E-state index contributed by atoms with van der Waals surface area (Å²) in [6, 6.07) is 11.9. The number of hydrogen-bond donors (Lipinski definition) is 1. The van der Waals surface area contributed by atoms with E-state index >= 15 is 0 Å². The first-order chi connectivity index (χ1) is 12.8. The van der Waals surface area contributed by atoms with Gasteiger partial charge in [-0.15, -0.1) is 0 Å². The van der Waals surface area contributed by atoms with Crippen LogP contribution < -0.4 is 5.32 Å². The average Bonchev–Trinajstić information content (AvgIpc) is 2.99. The molecule has 1 N–H and O–H groups in total. The summed E-state index contributed by atoms with van der Waals surface area (Å²) in [6.45, 7) is 1.95. The monoisotopic (exact) mass is 373 g/mol. The number of hydrogen-bond acceptors (Lipinski definition) is 2. The van der Waals surface area contributed by atoms with E-state index in [1.54, 1.807) is 0 Å². The largest absolute Gasteiger partial charge is 0.416 e. The van der Waals surface area contributed by atoms with Gasteiger partial charge in [0.05, 0.1) is 17.3 Å². The molecule has 0 spiro atoms. The number of nitrogens with zero attached hydrogens (tertiary/aromatic N) is 2. The van der Waals surface area contributed by atoms with Gasteiger partial charge in [-0.05, 0) is 49.6 Å². The van der Waals surface area contributed by atoms with Crippen LogP contribution in [0, 0.1) is 5.92 Å². The van der Waals surface area contributed by atoms with E-state index in [4.69, 9.17) is 0 Å².